The Kier molecular flexibility index (Phi) is 4.68. The monoisotopic (exact) mass is 411 g/mol. The van der Waals surface area contributed by atoms with E-state index in [4.69, 9.17) is 4.74 Å². The van der Waals surface area contributed by atoms with Gasteiger partial charge >= 0.3 is 12.1 Å². The molecule has 0 heterocycles. The summed E-state index contributed by atoms with van der Waals surface area (Å²) in [5.41, 5.74) is -2.48. The molecule has 29 heavy (non-hydrogen) atoms. The highest BCUT2D eigenvalue weighted by Crippen LogP contribution is 2.62. The van der Waals surface area contributed by atoms with Crippen molar-refractivity contribution in [1.82, 2.24) is 0 Å². The van der Waals surface area contributed by atoms with E-state index < -0.39 is 40.7 Å². The van der Waals surface area contributed by atoms with Gasteiger partial charge in [0, 0.05) is 5.69 Å². The van der Waals surface area contributed by atoms with E-state index in [9.17, 15) is 27.9 Å². The molecule has 0 saturated heterocycles. The first-order valence-electron chi connectivity index (χ1n) is 9.90. The fourth-order valence-corrected chi connectivity index (χ4v) is 5.81. The van der Waals surface area contributed by atoms with E-state index in [0.29, 0.717) is 43.9 Å². The molecule has 0 aliphatic heterocycles. The number of nitrogens with one attached hydrogen (secondary N) is 1. The molecule has 0 aromatic heterocycles. The number of ether oxygens (including phenoxy) is 1. The molecule has 4 fully saturated rings. The summed E-state index contributed by atoms with van der Waals surface area (Å²) < 4.78 is 43.9. The van der Waals surface area contributed by atoms with Crippen LogP contribution in [0.2, 0.25) is 0 Å². The number of aliphatic hydroxyl groups is 1. The molecule has 0 spiro atoms. The van der Waals surface area contributed by atoms with Crippen LogP contribution in [-0.4, -0.2) is 28.7 Å². The highest BCUT2D eigenvalue weighted by Gasteiger charge is 2.61. The molecule has 4 aliphatic carbocycles. The van der Waals surface area contributed by atoms with Gasteiger partial charge in [0.05, 0.1) is 16.6 Å². The lowest BCUT2D eigenvalue weighted by atomic mass is 9.48. The zero-order chi connectivity index (χ0) is 21.0. The lowest BCUT2D eigenvalue weighted by Gasteiger charge is -2.58. The highest BCUT2D eigenvalue weighted by molar-refractivity contribution is 5.95. The predicted molar refractivity (Wildman–Crippen MR) is 97.7 cm³/mol. The van der Waals surface area contributed by atoms with Gasteiger partial charge in [-0.15, -0.1) is 0 Å². The van der Waals surface area contributed by atoms with Crippen molar-refractivity contribution < 1.29 is 32.6 Å². The van der Waals surface area contributed by atoms with E-state index >= 15 is 0 Å². The molecular formula is C21H24F3NO4. The van der Waals surface area contributed by atoms with Gasteiger partial charge in [0.2, 0.25) is 0 Å². The summed E-state index contributed by atoms with van der Waals surface area (Å²) in [7, 11) is 0. The topological polar surface area (TPSA) is 75.6 Å². The van der Waals surface area contributed by atoms with Gasteiger partial charge in [-0.1, -0.05) is 6.07 Å². The number of anilines is 1. The largest absolute Gasteiger partial charge is 0.452 e. The summed E-state index contributed by atoms with van der Waals surface area (Å²) in [5.74, 6) is -0.594. The first-order valence-corrected chi connectivity index (χ1v) is 9.90. The van der Waals surface area contributed by atoms with Gasteiger partial charge in [0.1, 0.15) is 0 Å². The minimum atomic E-state index is -4.52. The summed E-state index contributed by atoms with van der Waals surface area (Å²) in [4.78, 5) is 25.3. The van der Waals surface area contributed by atoms with Crippen LogP contribution in [0.3, 0.4) is 0 Å². The fourth-order valence-electron chi connectivity index (χ4n) is 5.81. The number of benzene rings is 1. The smallest absolute Gasteiger partial charge is 0.416 e. The summed E-state index contributed by atoms with van der Waals surface area (Å²) in [5, 5.41) is 13.1. The van der Waals surface area contributed by atoms with Gasteiger partial charge in [-0.3, -0.25) is 9.59 Å². The molecule has 5 atom stereocenters. The number of hydrogen-bond acceptors (Lipinski definition) is 4. The van der Waals surface area contributed by atoms with Crippen molar-refractivity contribution in [3.8, 4) is 0 Å². The van der Waals surface area contributed by atoms with Crippen LogP contribution < -0.4 is 5.32 Å². The van der Waals surface area contributed by atoms with Crippen LogP contribution in [0.5, 0.6) is 0 Å². The van der Waals surface area contributed by atoms with Gasteiger partial charge in [0.15, 0.2) is 6.10 Å². The molecule has 5 rings (SSSR count). The summed E-state index contributed by atoms with van der Waals surface area (Å²) in [6, 6.07) is 4.29. The number of esters is 1. The molecule has 8 heteroatoms. The van der Waals surface area contributed by atoms with Crippen molar-refractivity contribution in [3.05, 3.63) is 29.8 Å². The van der Waals surface area contributed by atoms with Crippen molar-refractivity contribution in [2.75, 3.05) is 5.32 Å². The van der Waals surface area contributed by atoms with Crippen LogP contribution in [-0.2, 0) is 20.5 Å². The Balaban J connectivity index is 1.41. The molecule has 2 N–H and O–H groups in total. The predicted octanol–water partition coefficient (Wildman–Crippen LogP) is 3.91. The van der Waals surface area contributed by atoms with E-state index in [1.54, 1.807) is 0 Å². The maximum absolute atomic E-state index is 12.9. The van der Waals surface area contributed by atoms with Crippen LogP contribution in [0.1, 0.15) is 51.0 Å². The molecular weight excluding hydrogens is 387 g/mol. The molecule has 4 bridgehead atoms. The number of halogens is 3. The maximum Gasteiger partial charge on any atom is 0.416 e. The first-order chi connectivity index (χ1) is 13.5. The Morgan fingerprint density at radius 3 is 2.45 bits per heavy atom. The lowest BCUT2D eigenvalue weighted by Crippen LogP contribution is -2.59. The Morgan fingerprint density at radius 1 is 1.21 bits per heavy atom. The van der Waals surface area contributed by atoms with Crippen molar-refractivity contribution in [1.29, 1.82) is 0 Å². The molecule has 158 valence electrons. The summed E-state index contributed by atoms with van der Waals surface area (Å²) in [6.45, 7) is 1.40. The summed E-state index contributed by atoms with van der Waals surface area (Å²) in [6.07, 6.45) is -1.55. The molecule has 1 aromatic carbocycles. The van der Waals surface area contributed by atoms with E-state index in [1.807, 2.05) is 0 Å². The van der Waals surface area contributed by atoms with E-state index in [-0.39, 0.29) is 5.69 Å². The highest BCUT2D eigenvalue weighted by atomic mass is 19.4. The average Bonchev–Trinajstić information content (AvgIpc) is 2.59. The van der Waals surface area contributed by atoms with E-state index in [0.717, 1.165) is 18.6 Å². The number of carbonyl (C=O) groups is 2. The second-order valence-corrected chi connectivity index (χ2v) is 9.08. The molecule has 1 amide bonds. The Bertz CT molecular complexity index is 823. The average molecular weight is 411 g/mol. The maximum atomic E-state index is 12.9. The van der Waals surface area contributed by atoms with Gasteiger partial charge in [0.25, 0.3) is 5.91 Å². The third kappa shape index (κ3) is 3.86. The van der Waals surface area contributed by atoms with Crippen LogP contribution >= 0.6 is 0 Å². The van der Waals surface area contributed by atoms with E-state index in [2.05, 4.69) is 5.32 Å². The van der Waals surface area contributed by atoms with Crippen molar-refractivity contribution in [3.63, 3.8) is 0 Å². The second-order valence-electron chi connectivity index (χ2n) is 9.08. The van der Waals surface area contributed by atoms with Gasteiger partial charge < -0.3 is 15.2 Å². The molecule has 0 radical (unpaired) electrons. The Labute approximate surface area is 166 Å². The number of amides is 1. The minimum Gasteiger partial charge on any atom is -0.452 e. The van der Waals surface area contributed by atoms with Crippen LogP contribution in [0.4, 0.5) is 18.9 Å². The molecule has 2 unspecified atom stereocenters. The summed E-state index contributed by atoms with van der Waals surface area (Å²) >= 11 is 0. The first kappa shape index (κ1) is 20.2. The van der Waals surface area contributed by atoms with Crippen molar-refractivity contribution in [2.45, 2.75) is 63.3 Å². The quantitative estimate of drug-likeness (QED) is 0.737. The number of alkyl halides is 3. The van der Waals surface area contributed by atoms with Crippen molar-refractivity contribution in [2.24, 2.45) is 17.3 Å². The number of rotatable bonds is 4. The van der Waals surface area contributed by atoms with Crippen LogP contribution in [0, 0.1) is 17.3 Å². The fraction of sp³-hybridized carbons (Fsp3) is 0.619. The number of hydrogen-bond donors (Lipinski definition) is 2. The Hall–Kier alpha value is -2.09. The van der Waals surface area contributed by atoms with Gasteiger partial charge in [-0.05, 0) is 75.5 Å². The normalized spacial score (nSPS) is 34.0. The molecule has 5 nitrogen and oxygen atoms in total. The minimum absolute atomic E-state index is 0.0168. The molecule has 4 aliphatic rings. The number of carbonyl (C=O) groups excluding carboxylic acids is 2. The van der Waals surface area contributed by atoms with E-state index in [1.165, 1.54) is 19.1 Å². The second kappa shape index (κ2) is 6.72. The Morgan fingerprint density at radius 2 is 1.86 bits per heavy atom. The van der Waals surface area contributed by atoms with Crippen molar-refractivity contribution >= 4 is 17.6 Å². The SMILES string of the molecule is C[C@H](OC(=O)C12C[C@@H]3C[C@@H](CC(O)(C3)C1)C2)C(=O)Nc1cccc(C(F)(F)F)c1. The van der Waals surface area contributed by atoms with Gasteiger partial charge in [-0.25, -0.2) is 0 Å². The molecule has 4 saturated carbocycles. The zero-order valence-electron chi connectivity index (χ0n) is 16.1. The molecule has 1 aromatic rings. The lowest BCUT2D eigenvalue weighted by molar-refractivity contribution is -0.199. The zero-order valence-corrected chi connectivity index (χ0v) is 16.1. The third-order valence-corrected chi connectivity index (χ3v) is 6.57. The van der Waals surface area contributed by atoms with Crippen LogP contribution in [0.15, 0.2) is 24.3 Å². The standard InChI is InChI=1S/C21H24F3NO4/c1-12(17(26)25-16-4-2-3-15(6-16)21(22,23)24)29-18(27)19-7-13-5-14(8-19)10-20(28,9-13)11-19/h2-4,6,12-14,28H,5,7-11H2,1H3,(H,25,26)/t12-,13-,14+,19?,20?/m0/s1. The van der Waals surface area contributed by atoms with Crippen LogP contribution in [0.25, 0.3) is 0 Å². The third-order valence-electron chi connectivity index (χ3n) is 6.57. The van der Waals surface area contributed by atoms with Gasteiger partial charge in [-0.2, -0.15) is 13.2 Å².